The van der Waals surface area contributed by atoms with Gasteiger partial charge in [-0.05, 0) is 37.1 Å². The van der Waals surface area contributed by atoms with Crippen molar-refractivity contribution in [2.45, 2.75) is 26.3 Å². The summed E-state index contributed by atoms with van der Waals surface area (Å²) in [5, 5.41) is 9.87. The number of amides is 3. The fraction of sp³-hybridized carbons (Fsp3) is 0.273. The zero-order valence-electron chi connectivity index (χ0n) is 17.2. The highest BCUT2D eigenvalue weighted by Gasteiger charge is 2.24. The van der Waals surface area contributed by atoms with Gasteiger partial charge in [-0.3, -0.25) is 9.69 Å². The van der Waals surface area contributed by atoms with E-state index >= 15 is 0 Å². The van der Waals surface area contributed by atoms with E-state index in [1.54, 1.807) is 30.0 Å². The molecule has 2 heterocycles. The first-order valence-corrected chi connectivity index (χ1v) is 10.4. The molecule has 0 saturated carbocycles. The lowest BCUT2D eigenvalue weighted by molar-refractivity contribution is 0.0932. The number of nitrogens with one attached hydrogen (secondary N) is 2. The standard InChI is InChI=1S/C22H22ClN5O3/c1-3-14-4-6-15(7-5-14)19-26-21(31-27-19)13(2)25-20(29)17-12-16(8-9-18(17)23)28-11-10-24-22(28)30/h4-9,12-13H,3,10-11H2,1-2H3,(H,24,30)(H,25,29). The highest BCUT2D eigenvalue weighted by molar-refractivity contribution is 6.34. The van der Waals surface area contributed by atoms with Crippen LogP contribution in [0.15, 0.2) is 47.0 Å². The quantitative estimate of drug-likeness (QED) is 0.605. The molecule has 160 valence electrons. The minimum absolute atomic E-state index is 0.201. The topological polar surface area (TPSA) is 100 Å². The summed E-state index contributed by atoms with van der Waals surface area (Å²) < 4.78 is 5.35. The minimum atomic E-state index is -0.529. The number of benzene rings is 2. The number of hydrogen-bond acceptors (Lipinski definition) is 5. The first-order chi connectivity index (χ1) is 15.0. The number of carbonyl (C=O) groups excluding carboxylic acids is 2. The van der Waals surface area contributed by atoms with Gasteiger partial charge in [-0.25, -0.2) is 4.79 Å². The van der Waals surface area contributed by atoms with Crippen molar-refractivity contribution in [1.29, 1.82) is 0 Å². The van der Waals surface area contributed by atoms with Crippen molar-refractivity contribution in [3.8, 4) is 11.4 Å². The van der Waals surface area contributed by atoms with Gasteiger partial charge in [-0.2, -0.15) is 4.98 Å². The highest BCUT2D eigenvalue weighted by Crippen LogP contribution is 2.25. The van der Waals surface area contributed by atoms with E-state index in [1.165, 1.54) is 5.56 Å². The van der Waals surface area contributed by atoms with Crippen LogP contribution in [0.4, 0.5) is 10.5 Å². The maximum atomic E-state index is 12.8. The van der Waals surface area contributed by atoms with Gasteiger partial charge in [0.2, 0.25) is 11.7 Å². The zero-order chi connectivity index (χ0) is 22.0. The van der Waals surface area contributed by atoms with Gasteiger partial charge in [0, 0.05) is 24.3 Å². The second-order valence-electron chi connectivity index (χ2n) is 7.25. The molecule has 1 aromatic heterocycles. The third kappa shape index (κ3) is 4.39. The normalized spacial score (nSPS) is 14.4. The van der Waals surface area contributed by atoms with E-state index in [-0.39, 0.29) is 22.5 Å². The van der Waals surface area contributed by atoms with E-state index < -0.39 is 11.9 Å². The average Bonchev–Trinajstić information content (AvgIpc) is 3.43. The lowest BCUT2D eigenvalue weighted by Crippen LogP contribution is -2.29. The van der Waals surface area contributed by atoms with Crippen molar-refractivity contribution in [2.24, 2.45) is 0 Å². The molecule has 3 amide bonds. The third-order valence-electron chi connectivity index (χ3n) is 5.14. The molecule has 3 aromatic rings. The Hall–Kier alpha value is -3.39. The van der Waals surface area contributed by atoms with Crippen molar-refractivity contribution >= 4 is 29.2 Å². The SMILES string of the molecule is CCc1ccc(-c2noc(C(C)NC(=O)c3cc(N4CCNC4=O)ccc3Cl)n2)cc1. The number of rotatable bonds is 6. The number of urea groups is 1. The lowest BCUT2D eigenvalue weighted by atomic mass is 10.1. The highest BCUT2D eigenvalue weighted by atomic mass is 35.5. The predicted molar refractivity (Wildman–Crippen MR) is 117 cm³/mol. The van der Waals surface area contributed by atoms with Crippen LogP contribution in [0.1, 0.15) is 41.7 Å². The molecule has 0 radical (unpaired) electrons. The molecule has 2 N–H and O–H groups in total. The summed E-state index contributed by atoms with van der Waals surface area (Å²) in [5.74, 6) is 0.346. The molecule has 0 aliphatic carbocycles. The largest absolute Gasteiger partial charge is 0.340 e. The molecular formula is C22H22ClN5O3. The summed E-state index contributed by atoms with van der Waals surface area (Å²) in [4.78, 5) is 30.7. The smallest absolute Gasteiger partial charge is 0.321 e. The minimum Gasteiger partial charge on any atom is -0.340 e. The summed E-state index contributed by atoms with van der Waals surface area (Å²) in [6.45, 7) is 4.93. The number of hydrogen-bond donors (Lipinski definition) is 2. The van der Waals surface area contributed by atoms with Gasteiger partial charge < -0.3 is 15.2 Å². The van der Waals surface area contributed by atoms with Crippen molar-refractivity contribution in [2.75, 3.05) is 18.0 Å². The van der Waals surface area contributed by atoms with Crippen LogP contribution in [0.5, 0.6) is 0 Å². The van der Waals surface area contributed by atoms with E-state index in [0.717, 1.165) is 12.0 Å². The van der Waals surface area contributed by atoms with E-state index in [9.17, 15) is 9.59 Å². The van der Waals surface area contributed by atoms with Crippen molar-refractivity contribution in [1.82, 2.24) is 20.8 Å². The Kier molecular flexibility index (Phi) is 5.90. The first-order valence-electron chi connectivity index (χ1n) is 10.0. The van der Waals surface area contributed by atoms with Crippen LogP contribution in [0, 0.1) is 0 Å². The molecule has 1 aliphatic rings. The molecular weight excluding hydrogens is 418 g/mol. The second kappa shape index (κ2) is 8.77. The Labute approximate surface area is 184 Å². The van der Waals surface area contributed by atoms with Gasteiger partial charge in [0.25, 0.3) is 5.91 Å². The van der Waals surface area contributed by atoms with E-state index in [1.807, 2.05) is 24.3 Å². The van der Waals surface area contributed by atoms with Gasteiger partial charge in [0.1, 0.15) is 6.04 Å². The van der Waals surface area contributed by atoms with Crippen LogP contribution in [-0.2, 0) is 6.42 Å². The molecule has 31 heavy (non-hydrogen) atoms. The monoisotopic (exact) mass is 439 g/mol. The van der Waals surface area contributed by atoms with Crippen LogP contribution in [0.2, 0.25) is 5.02 Å². The Balaban J connectivity index is 1.48. The van der Waals surface area contributed by atoms with Crippen LogP contribution in [-0.4, -0.2) is 35.2 Å². The maximum absolute atomic E-state index is 12.8. The molecule has 1 atom stereocenters. The van der Waals surface area contributed by atoms with Gasteiger partial charge in [0.15, 0.2) is 0 Å². The molecule has 1 unspecified atom stereocenters. The number of nitrogens with zero attached hydrogens (tertiary/aromatic N) is 3. The molecule has 1 fully saturated rings. The summed E-state index contributed by atoms with van der Waals surface area (Å²) in [6, 6.07) is 12.1. The Morgan fingerprint density at radius 2 is 2.06 bits per heavy atom. The fourth-order valence-corrected chi connectivity index (χ4v) is 3.53. The van der Waals surface area contributed by atoms with Gasteiger partial charge in [0.05, 0.1) is 10.6 Å². The van der Waals surface area contributed by atoms with Crippen LogP contribution in [0.25, 0.3) is 11.4 Å². The van der Waals surface area contributed by atoms with Gasteiger partial charge >= 0.3 is 6.03 Å². The molecule has 1 saturated heterocycles. The Morgan fingerprint density at radius 3 is 2.74 bits per heavy atom. The molecule has 2 aromatic carbocycles. The predicted octanol–water partition coefficient (Wildman–Crippen LogP) is 3.97. The first kappa shape index (κ1) is 20.9. The van der Waals surface area contributed by atoms with E-state index in [4.69, 9.17) is 16.1 Å². The fourth-order valence-electron chi connectivity index (χ4n) is 3.33. The zero-order valence-corrected chi connectivity index (χ0v) is 17.9. The molecule has 0 spiro atoms. The van der Waals surface area contributed by atoms with Crippen LogP contribution >= 0.6 is 11.6 Å². The number of halogens is 1. The van der Waals surface area contributed by atoms with Crippen LogP contribution in [0.3, 0.4) is 0 Å². The maximum Gasteiger partial charge on any atom is 0.321 e. The van der Waals surface area contributed by atoms with E-state index in [2.05, 4.69) is 27.7 Å². The van der Waals surface area contributed by atoms with Crippen molar-refractivity contribution in [3.63, 3.8) is 0 Å². The van der Waals surface area contributed by atoms with Gasteiger partial charge in [-0.15, -0.1) is 0 Å². The lowest BCUT2D eigenvalue weighted by Gasteiger charge is -2.16. The molecule has 0 bridgehead atoms. The summed E-state index contributed by atoms with van der Waals surface area (Å²) in [7, 11) is 0. The number of anilines is 1. The second-order valence-corrected chi connectivity index (χ2v) is 7.66. The van der Waals surface area contributed by atoms with Crippen molar-refractivity contribution in [3.05, 3.63) is 64.5 Å². The molecule has 8 nitrogen and oxygen atoms in total. The Bertz CT molecular complexity index is 1110. The van der Waals surface area contributed by atoms with E-state index in [0.29, 0.717) is 24.6 Å². The summed E-state index contributed by atoms with van der Waals surface area (Å²) >= 11 is 6.24. The van der Waals surface area contributed by atoms with Crippen molar-refractivity contribution < 1.29 is 14.1 Å². The van der Waals surface area contributed by atoms with Gasteiger partial charge in [-0.1, -0.05) is 47.9 Å². The average molecular weight is 440 g/mol. The number of carbonyl (C=O) groups is 2. The molecule has 4 rings (SSSR count). The number of aryl methyl sites for hydroxylation is 1. The van der Waals surface area contributed by atoms with Crippen LogP contribution < -0.4 is 15.5 Å². The summed E-state index contributed by atoms with van der Waals surface area (Å²) in [5.41, 5.74) is 2.93. The summed E-state index contributed by atoms with van der Waals surface area (Å²) in [6.07, 6.45) is 0.951. The Morgan fingerprint density at radius 1 is 1.29 bits per heavy atom. The number of aromatic nitrogens is 2. The third-order valence-corrected chi connectivity index (χ3v) is 5.47. The molecule has 9 heteroatoms. The molecule has 1 aliphatic heterocycles.